The summed E-state index contributed by atoms with van der Waals surface area (Å²) in [6, 6.07) is 0. The van der Waals surface area contributed by atoms with Crippen molar-refractivity contribution in [1.82, 2.24) is 0 Å². The first-order valence-electron chi connectivity index (χ1n) is 2.42. The average Bonchev–Trinajstić information content (AvgIpc) is 2.13. The second-order valence-corrected chi connectivity index (χ2v) is 3.76. The highest BCUT2D eigenvalue weighted by atomic mass is 32.1. The van der Waals surface area contributed by atoms with E-state index in [1.54, 1.807) is 6.92 Å². The Morgan fingerprint density at radius 3 is 2.78 bits per heavy atom. The van der Waals surface area contributed by atoms with Crippen molar-refractivity contribution in [1.29, 1.82) is 0 Å². The van der Waals surface area contributed by atoms with Gasteiger partial charge in [0.2, 0.25) is 0 Å². The van der Waals surface area contributed by atoms with Crippen LogP contribution in [-0.4, -0.2) is 12.7 Å². The lowest BCUT2D eigenvalue weighted by Gasteiger charge is -2.02. The van der Waals surface area contributed by atoms with E-state index in [4.69, 9.17) is 4.52 Å². The lowest BCUT2D eigenvalue weighted by Crippen LogP contribution is -1.99. The van der Waals surface area contributed by atoms with Crippen molar-refractivity contribution in [3.63, 3.8) is 0 Å². The normalized spacial score (nSPS) is 43.6. The van der Waals surface area contributed by atoms with Gasteiger partial charge in [-0.1, -0.05) is 0 Å². The molecule has 0 aliphatic carbocycles. The Labute approximate surface area is 58.7 Å². The maximum Gasteiger partial charge on any atom is 0.486 e. The lowest BCUT2D eigenvalue weighted by atomic mass is 10.5. The molecule has 0 aromatic rings. The fourth-order valence-corrected chi connectivity index (χ4v) is 1.82. The lowest BCUT2D eigenvalue weighted by molar-refractivity contribution is 0.241. The number of phosphoric acid groups is 1. The molecule has 6 heteroatoms. The highest BCUT2D eigenvalue weighted by Gasteiger charge is 2.35. The van der Waals surface area contributed by atoms with Crippen molar-refractivity contribution in [2.45, 2.75) is 13.0 Å². The number of rotatable bonds is 1. The van der Waals surface area contributed by atoms with Crippen molar-refractivity contribution in [2.75, 3.05) is 6.61 Å². The van der Waals surface area contributed by atoms with Gasteiger partial charge in [0.25, 0.3) is 0 Å². The van der Waals surface area contributed by atoms with Crippen molar-refractivity contribution < 1.29 is 17.6 Å². The zero-order valence-electron chi connectivity index (χ0n) is 4.81. The summed E-state index contributed by atoms with van der Waals surface area (Å²) in [7, 11) is -3.24. The number of hydrogen-bond acceptors (Lipinski definition) is 5. The summed E-state index contributed by atoms with van der Waals surface area (Å²) >= 11 is 3.33. The van der Waals surface area contributed by atoms with E-state index in [-0.39, 0.29) is 6.10 Å². The minimum absolute atomic E-state index is 0.164. The SMILES string of the molecule is CC1COP(=O)(OS)O1. The zero-order valence-corrected chi connectivity index (χ0v) is 6.60. The highest BCUT2D eigenvalue weighted by molar-refractivity contribution is 7.80. The minimum Gasteiger partial charge on any atom is -0.283 e. The Kier molecular flexibility index (Phi) is 2.18. The smallest absolute Gasteiger partial charge is 0.283 e. The highest BCUT2D eigenvalue weighted by Crippen LogP contribution is 2.55. The van der Waals surface area contributed by atoms with E-state index in [0.29, 0.717) is 6.61 Å². The van der Waals surface area contributed by atoms with Crippen LogP contribution in [0.15, 0.2) is 0 Å². The molecule has 1 fully saturated rings. The summed E-state index contributed by atoms with van der Waals surface area (Å²) in [4.78, 5) is 0. The van der Waals surface area contributed by atoms with Gasteiger partial charge in [-0.2, -0.15) is 0 Å². The molecule has 9 heavy (non-hydrogen) atoms. The molecule has 0 spiro atoms. The van der Waals surface area contributed by atoms with E-state index < -0.39 is 7.82 Å². The average molecular weight is 170 g/mol. The van der Waals surface area contributed by atoms with Crippen LogP contribution in [0.25, 0.3) is 0 Å². The van der Waals surface area contributed by atoms with Crippen LogP contribution in [0, 0.1) is 0 Å². The van der Waals surface area contributed by atoms with E-state index >= 15 is 0 Å². The summed E-state index contributed by atoms with van der Waals surface area (Å²) in [6.45, 7) is 2.05. The van der Waals surface area contributed by atoms with Gasteiger partial charge < -0.3 is 0 Å². The van der Waals surface area contributed by atoms with Crippen LogP contribution in [0.5, 0.6) is 0 Å². The zero-order chi connectivity index (χ0) is 6.91. The van der Waals surface area contributed by atoms with Crippen LogP contribution in [0.3, 0.4) is 0 Å². The molecular formula is C3H7O4PS. The maximum atomic E-state index is 10.8. The molecule has 2 atom stereocenters. The molecule has 1 rings (SSSR count). The molecule has 1 saturated heterocycles. The molecule has 0 N–H and O–H groups in total. The molecule has 0 aromatic carbocycles. The Hall–Kier alpha value is 0.460. The monoisotopic (exact) mass is 170 g/mol. The largest absolute Gasteiger partial charge is 0.486 e. The molecule has 0 amide bonds. The molecule has 1 heterocycles. The van der Waals surface area contributed by atoms with Crippen LogP contribution in [0.1, 0.15) is 6.92 Å². The van der Waals surface area contributed by atoms with E-state index in [9.17, 15) is 4.57 Å². The second kappa shape index (κ2) is 2.60. The Morgan fingerprint density at radius 1 is 1.89 bits per heavy atom. The standard InChI is InChI=1S/C3H7O4PS/c1-3-2-5-8(4,6-3)7-9/h3,9H,2H2,1H3. The van der Waals surface area contributed by atoms with Gasteiger partial charge in [-0.15, -0.1) is 0 Å². The summed E-state index contributed by atoms with van der Waals surface area (Å²) in [6.07, 6.45) is -0.164. The maximum absolute atomic E-state index is 10.8. The van der Waals surface area contributed by atoms with Crippen molar-refractivity contribution in [2.24, 2.45) is 0 Å². The fraction of sp³-hybridized carbons (Fsp3) is 1.00. The van der Waals surface area contributed by atoms with Crippen LogP contribution in [0.2, 0.25) is 0 Å². The van der Waals surface area contributed by atoms with Crippen LogP contribution >= 0.6 is 20.7 Å². The molecule has 2 unspecified atom stereocenters. The van der Waals surface area contributed by atoms with Crippen molar-refractivity contribution >= 4 is 20.7 Å². The summed E-state index contributed by atoms with van der Waals surface area (Å²) in [5.41, 5.74) is 0. The third-order valence-electron chi connectivity index (χ3n) is 0.876. The van der Waals surface area contributed by atoms with Crippen LogP contribution in [-0.2, 0) is 17.6 Å². The summed E-state index contributed by atoms with van der Waals surface area (Å²) in [5, 5.41) is 0. The predicted molar refractivity (Wildman–Crippen MR) is 34.2 cm³/mol. The Balaban J connectivity index is 2.55. The molecule has 0 bridgehead atoms. The number of phosphoric ester groups is 1. The molecule has 1 aliphatic rings. The van der Waals surface area contributed by atoms with Gasteiger partial charge in [-0.3, -0.25) is 9.05 Å². The van der Waals surface area contributed by atoms with Gasteiger partial charge in [0.15, 0.2) is 0 Å². The molecular weight excluding hydrogens is 163 g/mol. The van der Waals surface area contributed by atoms with Crippen molar-refractivity contribution in [3.8, 4) is 0 Å². The molecule has 0 saturated carbocycles. The van der Waals surface area contributed by atoms with Gasteiger partial charge in [-0.25, -0.2) is 8.54 Å². The minimum atomic E-state index is -3.24. The molecule has 0 radical (unpaired) electrons. The van der Waals surface area contributed by atoms with E-state index in [2.05, 4.69) is 21.4 Å². The van der Waals surface area contributed by atoms with Gasteiger partial charge in [0.05, 0.1) is 12.7 Å². The van der Waals surface area contributed by atoms with Gasteiger partial charge in [0, 0.05) is 0 Å². The number of thiol groups is 1. The molecule has 0 aromatic heterocycles. The van der Waals surface area contributed by atoms with Crippen LogP contribution < -0.4 is 0 Å². The fourth-order valence-electron chi connectivity index (χ4n) is 0.520. The van der Waals surface area contributed by atoms with Gasteiger partial charge in [-0.05, 0) is 19.8 Å². The van der Waals surface area contributed by atoms with Gasteiger partial charge >= 0.3 is 7.82 Å². The Bertz CT molecular complexity index is 149. The quantitative estimate of drug-likeness (QED) is 0.367. The first-order chi connectivity index (χ1) is 4.16. The third-order valence-corrected chi connectivity index (χ3v) is 2.76. The van der Waals surface area contributed by atoms with E-state index in [1.807, 2.05) is 0 Å². The molecule has 54 valence electrons. The summed E-state index contributed by atoms with van der Waals surface area (Å²) < 4.78 is 24.4. The number of hydrogen-bond donors (Lipinski definition) is 1. The molecule has 1 aliphatic heterocycles. The summed E-state index contributed by atoms with van der Waals surface area (Å²) in [5.74, 6) is 0. The third kappa shape index (κ3) is 1.69. The van der Waals surface area contributed by atoms with Crippen molar-refractivity contribution in [3.05, 3.63) is 0 Å². The second-order valence-electron chi connectivity index (χ2n) is 1.74. The van der Waals surface area contributed by atoms with E-state index in [0.717, 1.165) is 0 Å². The predicted octanol–water partition coefficient (Wildman–Crippen LogP) is 1.39. The first kappa shape index (κ1) is 7.57. The van der Waals surface area contributed by atoms with E-state index in [1.165, 1.54) is 0 Å². The Morgan fingerprint density at radius 2 is 2.56 bits per heavy atom. The van der Waals surface area contributed by atoms with Gasteiger partial charge in [0.1, 0.15) is 0 Å². The van der Waals surface area contributed by atoms with Crippen LogP contribution in [0.4, 0.5) is 0 Å². The topological polar surface area (TPSA) is 44.8 Å². The first-order valence-corrected chi connectivity index (χ1v) is 4.25. The molecule has 4 nitrogen and oxygen atoms in total.